The van der Waals surface area contributed by atoms with Crippen LogP contribution in [0, 0.1) is 6.92 Å². The SMILES string of the molecule is CNC(Cc1cc(OC)ccc1Br)c1ccc(Cl)cc1C. The van der Waals surface area contributed by atoms with E-state index in [1.165, 1.54) is 16.7 Å². The molecule has 0 aliphatic rings. The molecule has 0 bridgehead atoms. The molecule has 0 saturated carbocycles. The van der Waals surface area contributed by atoms with E-state index < -0.39 is 0 Å². The predicted octanol–water partition coefficient (Wildman–Crippen LogP) is 4.92. The Morgan fingerprint density at radius 2 is 2.00 bits per heavy atom. The van der Waals surface area contributed by atoms with Crippen LogP contribution in [0.5, 0.6) is 5.75 Å². The maximum Gasteiger partial charge on any atom is 0.119 e. The molecular formula is C17H19BrClNO. The van der Waals surface area contributed by atoms with Crippen molar-refractivity contribution in [3.8, 4) is 5.75 Å². The van der Waals surface area contributed by atoms with Crippen molar-refractivity contribution in [2.24, 2.45) is 0 Å². The molecular weight excluding hydrogens is 350 g/mol. The Kier molecular flexibility index (Phi) is 5.68. The van der Waals surface area contributed by atoms with Crippen LogP contribution in [0.1, 0.15) is 22.7 Å². The monoisotopic (exact) mass is 367 g/mol. The summed E-state index contributed by atoms with van der Waals surface area (Å²) in [5.74, 6) is 0.871. The molecule has 4 heteroatoms. The molecule has 1 N–H and O–H groups in total. The molecule has 0 aliphatic heterocycles. The fourth-order valence-electron chi connectivity index (χ4n) is 2.45. The number of hydrogen-bond acceptors (Lipinski definition) is 2. The second-order valence-corrected chi connectivity index (χ2v) is 6.29. The van der Waals surface area contributed by atoms with Gasteiger partial charge in [0.25, 0.3) is 0 Å². The molecule has 2 aromatic carbocycles. The van der Waals surface area contributed by atoms with Crippen molar-refractivity contribution >= 4 is 27.5 Å². The highest BCUT2D eigenvalue weighted by atomic mass is 79.9. The molecule has 2 nitrogen and oxygen atoms in total. The lowest BCUT2D eigenvalue weighted by Gasteiger charge is -2.20. The van der Waals surface area contributed by atoms with Gasteiger partial charge in [0.15, 0.2) is 0 Å². The highest BCUT2D eigenvalue weighted by Crippen LogP contribution is 2.29. The maximum atomic E-state index is 6.05. The highest BCUT2D eigenvalue weighted by Gasteiger charge is 2.15. The zero-order chi connectivity index (χ0) is 15.4. The number of halogens is 2. The second kappa shape index (κ2) is 7.30. The Labute approximate surface area is 139 Å². The summed E-state index contributed by atoms with van der Waals surface area (Å²) >= 11 is 9.66. The van der Waals surface area contributed by atoms with E-state index in [0.717, 1.165) is 21.7 Å². The maximum absolute atomic E-state index is 6.05. The number of ether oxygens (including phenoxy) is 1. The Balaban J connectivity index is 2.30. The first-order chi connectivity index (χ1) is 10.0. The molecule has 0 radical (unpaired) electrons. The summed E-state index contributed by atoms with van der Waals surface area (Å²) in [6.45, 7) is 2.09. The first-order valence-electron chi connectivity index (χ1n) is 6.81. The fraction of sp³-hybridized carbons (Fsp3) is 0.294. The van der Waals surface area contributed by atoms with Crippen LogP contribution >= 0.6 is 27.5 Å². The van der Waals surface area contributed by atoms with Crippen LogP contribution in [-0.2, 0) is 6.42 Å². The fourth-order valence-corrected chi connectivity index (χ4v) is 3.09. The third-order valence-corrected chi connectivity index (χ3v) is 4.64. The zero-order valence-corrected chi connectivity index (χ0v) is 14.8. The third-order valence-electron chi connectivity index (χ3n) is 3.63. The summed E-state index contributed by atoms with van der Waals surface area (Å²) < 4.78 is 6.40. The summed E-state index contributed by atoms with van der Waals surface area (Å²) in [6.07, 6.45) is 0.872. The first-order valence-corrected chi connectivity index (χ1v) is 7.98. The lowest BCUT2D eigenvalue weighted by atomic mass is 9.95. The average Bonchev–Trinajstić information content (AvgIpc) is 2.47. The molecule has 0 heterocycles. The number of rotatable bonds is 5. The molecule has 0 spiro atoms. The number of likely N-dealkylation sites (N-methyl/N-ethyl adjacent to an activating group) is 1. The molecule has 0 amide bonds. The van der Waals surface area contributed by atoms with Crippen molar-refractivity contribution in [2.75, 3.05) is 14.2 Å². The van der Waals surface area contributed by atoms with Crippen LogP contribution in [0.2, 0.25) is 5.02 Å². The Hall–Kier alpha value is -1.03. The van der Waals surface area contributed by atoms with Gasteiger partial charge in [-0.05, 0) is 67.4 Å². The van der Waals surface area contributed by atoms with Gasteiger partial charge < -0.3 is 10.1 Å². The first kappa shape index (κ1) is 16.3. The number of hydrogen-bond donors (Lipinski definition) is 1. The van der Waals surface area contributed by atoms with Crippen molar-refractivity contribution in [1.82, 2.24) is 5.32 Å². The van der Waals surface area contributed by atoms with Crippen molar-refractivity contribution in [3.05, 3.63) is 62.6 Å². The van der Waals surface area contributed by atoms with E-state index in [0.29, 0.717) is 0 Å². The minimum atomic E-state index is 0.227. The smallest absolute Gasteiger partial charge is 0.119 e. The number of methoxy groups -OCH3 is 1. The van der Waals surface area contributed by atoms with Crippen molar-refractivity contribution in [1.29, 1.82) is 0 Å². The van der Waals surface area contributed by atoms with Gasteiger partial charge in [-0.3, -0.25) is 0 Å². The van der Waals surface area contributed by atoms with Crippen LogP contribution in [0.4, 0.5) is 0 Å². The number of aryl methyl sites for hydroxylation is 1. The van der Waals surface area contributed by atoms with Crippen molar-refractivity contribution < 1.29 is 4.74 Å². The van der Waals surface area contributed by atoms with Gasteiger partial charge in [0.2, 0.25) is 0 Å². The van der Waals surface area contributed by atoms with E-state index in [4.69, 9.17) is 16.3 Å². The zero-order valence-electron chi connectivity index (χ0n) is 12.4. The molecule has 2 rings (SSSR count). The summed E-state index contributed by atoms with van der Waals surface area (Å²) in [6, 6.07) is 12.3. The molecule has 2 aromatic rings. The van der Waals surface area contributed by atoms with Gasteiger partial charge in [-0.25, -0.2) is 0 Å². The van der Waals surface area contributed by atoms with Crippen molar-refractivity contribution in [3.63, 3.8) is 0 Å². The summed E-state index contributed by atoms with van der Waals surface area (Å²) in [5, 5.41) is 4.16. The molecule has 0 aromatic heterocycles. The molecule has 1 atom stereocenters. The lowest BCUT2D eigenvalue weighted by molar-refractivity contribution is 0.414. The summed E-state index contributed by atoms with van der Waals surface area (Å²) in [5.41, 5.74) is 3.67. The highest BCUT2D eigenvalue weighted by molar-refractivity contribution is 9.10. The molecule has 0 fully saturated rings. The largest absolute Gasteiger partial charge is 0.497 e. The average molecular weight is 369 g/mol. The van der Waals surface area contributed by atoms with Crippen LogP contribution < -0.4 is 10.1 Å². The van der Waals surface area contributed by atoms with Crippen LogP contribution in [-0.4, -0.2) is 14.2 Å². The topological polar surface area (TPSA) is 21.3 Å². The summed E-state index contributed by atoms with van der Waals surface area (Å²) in [7, 11) is 3.67. The predicted molar refractivity (Wildman–Crippen MR) is 92.4 cm³/mol. The number of nitrogens with one attached hydrogen (secondary N) is 1. The quantitative estimate of drug-likeness (QED) is 0.808. The van der Waals surface area contributed by atoms with Crippen LogP contribution in [0.3, 0.4) is 0 Å². The Bertz CT molecular complexity index is 630. The van der Waals surface area contributed by atoms with Crippen molar-refractivity contribution in [2.45, 2.75) is 19.4 Å². The minimum absolute atomic E-state index is 0.227. The van der Waals surface area contributed by atoms with Gasteiger partial charge in [-0.2, -0.15) is 0 Å². The van der Waals surface area contributed by atoms with Gasteiger partial charge in [0.05, 0.1) is 7.11 Å². The van der Waals surface area contributed by atoms with E-state index in [2.05, 4.69) is 40.3 Å². The summed E-state index contributed by atoms with van der Waals surface area (Å²) in [4.78, 5) is 0. The lowest BCUT2D eigenvalue weighted by Crippen LogP contribution is -2.20. The molecule has 1 unspecified atom stereocenters. The van der Waals surface area contributed by atoms with Crippen LogP contribution in [0.15, 0.2) is 40.9 Å². The Morgan fingerprint density at radius 3 is 2.62 bits per heavy atom. The van der Waals surface area contributed by atoms with E-state index >= 15 is 0 Å². The van der Waals surface area contributed by atoms with Gasteiger partial charge in [0.1, 0.15) is 5.75 Å². The second-order valence-electron chi connectivity index (χ2n) is 5.00. The third kappa shape index (κ3) is 4.00. The van der Waals surface area contributed by atoms with Crippen LogP contribution in [0.25, 0.3) is 0 Å². The normalized spacial score (nSPS) is 12.2. The van der Waals surface area contributed by atoms with E-state index in [1.807, 2.05) is 31.3 Å². The van der Waals surface area contributed by atoms with E-state index in [1.54, 1.807) is 7.11 Å². The van der Waals surface area contributed by atoms with Gasteiger partial charge in [0, 0.05) is 15.5 Å². The van der Waals surface area contributed by atoms with Gasteiger partial charge in [-0.1, -0.05) is 33.6 Å². The minimum Gasteiger partial charge on any atom is -0.497 e. The van der Waals surface area contributed by atoms with Gasteiger partial charge >= 0.3 is 0 Å². The van der Waals surface area contributed by atoms with E-state index in [-0.39, 0.29) is 6.04 Å². The standard InChI is InChI=1S/C17H19BrClNO/c1-11-8-13(19)4-6-15(11)17(20-2)10-12-9-14(21-3)5-7-16(12)18/h4-9,17,20H,10H2,1-3H3. The Morgan fingerprint density at radius 1 is 1.24 bits per heavy atom. The van der Waals surface area contributed by atoms with E-state index in [9.17, 15) is 0 Å². The molecule has 0 aliphatic carbocycles. The number of benzene rings is 2. The molecule has 0 saturated heterocycles. The van der Waals surface area contributed by atoms with Gasteiger partial charge in [-0.15, -0.1) is 0 Å². The molecule has 21 heavy (non-hydrogen) atoms. The molecule has 112 valence electrons.